The van der Waals surface area contributed by atoms with Crippen LogP contribution >= 0.6 is 0 Å². The number of nitrogens with one attached hydrogen (secondary N) is 2. The van der Waals surface area contributed by atoms with Gasteiger partial charge in [0, 0.05) is 6.20 Å². The fourth-order valence-electron chi connectivity index (χ4n) is 1.96. The van der Waals surface area contributed by atoms with Gasteiger partial charge < -0.3 is 5.32 Å². The molecule has 0 radical (unpaired) electrons. The van der Waals surface area contributed by atoms with E-state index in [0.717, 1.165) is 0 Å². The molecule has 0 saturated carbocycles. The lowest BCUT2D eigenvalue weighted by atomic mass is 10.2. The van der Waals surface area contributed by atoms with Gasteiger partial charge in [-0.1, -0.05) is 24.3 Å². The molecule has 0 bridgehead atoms. The van der Waals surface area contributed by atoms with Crippen LogP contribution in [0, 0.1) is 0 Å². The molecule has 0 unspecified atom stereocenters. The monoisotopic (exact) mass is 301 g/mol. The number of carbonyl (C=O) groups is 1. The van der Waals surface area contributed by atoms with Gasteiger partial charge in [0.25, 0.3) is 15.9 Å². The van der Waals surface area contributed by atoms with Crippen LogP contribution < -0.4 is 10.0 Å². The summed E-state index contributed by atoms with van der Waals surface area (Å²) in [5.41, 5.74) is 0.432. The summed E-state index contributed by atoms with van der Waals surface area (Å²) in [4.78, 5) is 16.2. The fraction of sp³-hybridized carbons (Fsp3) is 0. The molecule has 0 atom stereocenters. The summed E-state index contributed by atoms with van der Waals surface area (Å²) >= 11 is 0. The highest BCUT2D eigenvalue weighted by Crippen LogP contribution is 2.23. The Bertz CT molecular complexity index is 830. The maximum absolute atomic E-state index is 12.1. The smallest absolute Gasteiger partial charge is 0.273 e. The van der Waals surface area contributed by atoms with Gasteiger partial charge in [-0.3, -0.25) is 9.52 Å². The normalized spacial score (nSPS) is 15.3. The molecule has 2 heterocycles. The van der Waals surface area contributed by atoms with E-state index in [1.807, 2.05) is 0 Å². The van der Waals surface area contributed by atoms with Crippen molar-refractivity contribution in [2.24, 2.45) is 0 Å². The lowest BCUT2D eigenvalue weighted by Gasteiger charge is -2.18. The molecule has 2 aromatic rings. The van der Waals surface area contributed by atoms with Crippen molar-refractivity contribution in [2.75, 3.05) is 5.32 Å². The number of hydrogen-bond donors (Lipinski definition) is 2. The van der Waals surface area contributed by atoms with Crippen molar-refractivity contribution in [1.82, 2.24) is 9.71 Å². The number of aromatic nitrogens is 1. The van der Waals surface area contributed by atoms with E-state index in [2.05, 4.69) is 15.0 Å². The molecular weight excluding hydrogens is 290 g/mol. The first-order chi connectivity index (χ1) is 10.1. The summed E-state index contributed by atoms with van der Waals surface area (Å²) < 4.78 is 26.4. The summed E-state index contributed by atoms with van der Waals surface area (Å²) in [7, 11) is -3.73. The SMILES string of the molecule is O=C(Nc1ccccn1)C1=Cc2ccccc2S(=O)(=O)N1. The van der Waals surface area contributed by atoms with E-state index in [0.29, 0.717) is 11.4 Å². The van der Waals surface area contributed by atoms with Gasteiger partial charge in [-0.2, -0.15) is 0 Å². The molecule has 3 rings (SSSR count). The van der Waals surface area contributed by atoms with Gasteiger partial charge in [-0.05, 0) is 29.8 Å². The molecule has 0 saturated heterocycles. The minimum atomic E-state index is -3.73. The number of anilines is 1. The Morgan fingerprint density at radius 3 is 2.62 bits per heavy atom. The predicted molar refractivity (Wildman–Crippen MR) is 77.6 cm³/mol. The van der Waals surface area contributed by atoms with Crippen molar-refractivity contribution >= 4 is 27.8 Å². The van der Waals surface area contributed by atoms with E-state index in [9.17, 15) is 13.2 Å². The van der Waals surface area contributed by atoms with Crippen LogP contribution in [0.4, 0.5) is 5.82 Å². The zero-order valence-electron chi connectivity index (χ0n) is 10.8. The second kappa shape index (κ2) is 5.02. The van der Waals surface area contributed by atoms with Crippen molar-refractivity contribution in [3.05, 3.63) is 59.9 Å². The van der Waals surface area contributed by atoms with Crippen LogP contribution in [-0.2, 0) is 14.8 Å². The molecule has 1 aromatic heterocycles. The quantitative estimate of drug-likeness (QED) is 0.876. The minimum Gasteiger partial charge on any atom is -0.305 e. The molecule has 1 aliphatic rings. The van der Waals surface area contributed by atoms with Gasteiger partial charge >= 0.3 is 0 Å². The first-order valence-corrected chi connectivity index (χ1v) is 7.60. The van der Waals surface area contributed by atoms with Crippen molar-refractivity contribution in [2.45, 2.75) is 4.90 Å². The Labute approximate surface area is 121 Å². The average molecular weight is 301 g/mol. The summed E-state index contributed by atoms with van der Waals surface area (Å²) in [5, 5.41) is 2.53. The number of hydrogen-bond acceptors (Lipinski definition) is 4. The molecule has 106 valence electrons. The van der Waals surface area contributed by atoms with Gasteiger partial charge in [0.15, 0.2) is 0 Å². The second-order valence-corrected chi connectivity index (χ2v) is 6.02. The van der Waals surface area contributed by atoms with Crippen LogP contribution in [-0.4, -0.2) is 19.3 Å². The van der Waals surface area contributed by atoms with E-state index >= 15 is 0 Å². The number of sulfonamides is 1. The first-order valence-electron chi connectivity index (χ1n) is 6.12. The molecule has 0 spiro atoms. The van der Waals surface area contributed by atoms with Crippen LogP contribution in [0.5, 0.6) is 0 Å². The zero-order chi connectivity index (χ0) is 14.9. The van der Waals surface area contributed by atoms with Gasteiger partial charge in [-0.15, -0.1) is 0 Å². The maximum atomic E-state index is 12.1. The maximum Gasteiger partial charge on any atom is 0.273 e. The number of benzene rings is 1. The summed E-state index contributed by atoms with van der Waals surface area (Å²) in [6, 6.07) is 11.5. The third-order valence-electron chi connectivity index (χ3n) is 2.90. The Morgan fingerprint density at radius 2 is 1.86 bits per heavy atom. The Balaban J connectivity index is 1.94. The third kappa shape index (κ3) is 2.63. The Kier molecular flexibility index (Phi) is 3.19. The van der Waals surface area contributed by atoms with Crippen LogP contribution in [0.25, 0.3) is 6.08 Å². The lowest BCUT2D eigenvalue weighted by Crippen LogP contribution is -2.33. The Hall–Kier alpha value is -2.67. The molecule has 1 aliphatic heterocycles. The highest BCUT2D eigenvalue weighted by molar-refractivity contribution is 7.89. The lowest BCUT2D eigenvalue weighted by molar-refractivity contribution is -0.113. The predicted octanol–water partition coefficient (Wildman–Crippen LogP) is 1.35. The van der Waals surface area contributed by atoms with Gasteiger partial charge in [0.2, 0.25) is 0 Å². The van der Waals surface area contributed by atoms with E-state index in [1.165, 1.54) is 18.3 Å². The van der Waals surface area contributed by atoms with Gasteiger partial charge in [0.1, 0.15) is 11.5 Å². The minimum absolute atomic E-state index is 0.0423. The standard InChI is InChI=1S/C14H11N3O3S/c18-14(16-13-7-3-4-8-15-13)11-9-10-5-1-2-6-12(10)21(19,20)17-11/h1-9,17H,(H,15,16,18). The van der Waals surface area contributed by atoms with Crippen molar-refractivity contribution in [3.63, 3.8) is 0 Å². The molecule has 21 heavy (non-hydrogen) atoms. The summed E-state index contributed by atoms with van der Waals surface area (Å²) in [5.74, 6) is -0.215. The van der Waals surface area contributed by atoms with Gasteiger partial charge in [0.05, 0.1) is 4.90 Å². The number of pyridine rings is 1. The molecular formula is C14H11N3O3S. The van der Waals surface area contributed by atoms with E-state index in [1.54, 1.807) is 36.4 Å². The molecule has 0 fully saturated rings. The number of fused-ring (bicyclic) bond motifs is 1. The van der Waals surface area contributed by atoms with Crippen LogP contribution in [0.2, 0.25) is 0 Å². The number of rotatable bonds is 2. The van der Waals surface area contributed by atoms with E-state index in [-0.39, 0.29) is 10.6 Å². The average Bonchev–Trinajstić information content (AvgIpc) is 2.47. The molecule has 7 heteroatoms. The topological polar surface area (TPSA) is 88.2 Å². The van der Waals surface area contributed by atoms with Crippen molar-refractivity contribution in [1.29, 1.82) is 0 Å². The molecule has 6 nitrogen and oxygen atoms in total. The van der Waals surface area contributed by atoms with E-state index < -0.39 is 15.9 Å². The highest BCUT2D eigenvalue weighted by atomic mass is 32.2. The highest BCUT2D eigenvalue weighted by Gasteiger charge is 2.26. The second-order valence-electron chi connectivity index (χ2n) is 4.37. The van der Waals surface area contributed by atoms with E-state index in [4.69, 9.17) is 0 Å². The van der Waals surface area contributed by atoms with Crippen molar-refractivity contribution in [3.8, 4) is 0 Å². The molecule has 2 N–H and O–H groups in total. The number of carbonyl (C=O) groups excluding carboxylic acids is 1. The first kappa shape index (κ1) is 13.3. The summed E-state index contributed by atoms with van der Waals surface area (Å²) in [6.07, 6.45) is 3.03. The number of nitrogens with zero attached hydrogens (tertiary/aromatic N) is 1. The summed E-state index contributed by atoms with van der Waals surface area (Å²) in [6.45, 7) is 0. The van der Waals surface area contributed by atoms with Crippen LogP contribution in [0.3, 0.4) is 0 Å². The zero-order valence-corrected chi connectivity index (χ0v) is 11.6. The van der Waals surface area contributed by atoms with Crippen molar-refractivity contribution < 1.29 is 13.2 Å². The molecule has 1 aromatic carbocycles. The third-order valence-corrected chi connectivity index (χ3v) is 4.34. The molecule has 0 aliphatic carbocycles. The molecule has 1 amide bonds. The fourth-order valence-corrected chi connectivity index (χ4v) is 3.21. The largest absolute Gasteiger partial charge is 0.305 e. The van der Waals surface area contributed by atoms with Crippen LogP contribution in [0.1, 0.15) is 5.56 Å². The van der Waals surface area contributed by atoms with Gasteiger partial charge in [-0.25, -0.2) is 13.4 Å². The van der Waals surface area contributed by atoms with Crippen LogP contribution in [0.15, 0.2) is 59.3 Å². The Morgan fingerprint density at radius 1 is 1.10 bits per heavy atom. The number of amides is 1.